The van der Waals surface area contributed by atoms with E-state index in [1.165, 1.54) is 22.3 Å². The molecule has 4 aliphatic carbocycles. The highest BCUT2D eigenvalue weighted by Crippen LogP contribution is 2.59. The van der Waals surface area contributed by atoms with E-state index < -0.39 is 0 Å². The topological polar surface area (TPSA) is 37.3 Å². The smallest absolute Gasteiger partial charge is 0.158 e. The summed E-state index contributed by atoms with van der Waals surface area (Å²) in [4.78, 5) is 11.9. The monoisotopic (exact) mass is 238 g/mol. The van der Waals surface area contributed by atoms with Gasteiger partial charge >= 0.3 is 0 Å². The van der Waals surface area contributed by atoms with E-state index in [1.54, 1.807) is 6.07 Å². The zero-order chi connectivity index (χ0) is 12.5. The Morgan fingerprint density at radius 3 is 3.00 bits per heavy atom. The third kappa shape index (κ3) is 0.976. The van der Waals surface area contributed by atoms with Crippen LogP contribution in [0.5, 0.6) is 5.75 Å². The molecule has 0 saturated heterocycles. The van der Waals surface area contributed by atoms with Gasteiger partial charge < -0.3 is 5.11 Å². The van der Waals surface area contributed by atoms with Crippen LogP contribution in [0.3, 0.4) is 0 Å². The Kier molecular flexibility index (Phi) is 1.66. The number of hydrogen-bond acceptors (Lipinski definition) is 2. The van der Waals surface area contributed by atoms with Gasteiger partial charge in [-0.25, -0.2) is 0 Å². The maximum Gasteiger partial charge on any atom is 0.158 e. The van der Waals surface area contributed by atoms with Gasteiger partial charge in [-0.1, -0.05) is 12.1 Å². The van der Waals surface area contributed by atoms with Gasteiger partial charge in [0.2, 0.25) is 0 Å². The Morgan fingerprint density at radius 2 is 2.17 bits per heavy atom. The van der Waals surface area contributed by atoms with Crippen LogP contribution < -0.4 is 0 Å². The molecule has 0 aliphatic heterocycles. The van der Waals surface area contributed by atoms with Crippen molar-refractivity contribution < 1.29 is 9.90 Å². The summed E-state index contributed by atoms with van der Waals surface area (Å²) >= 11 is 0. The van der Waals surface area contributed by atoms with Gasteiger partial charge in [-0.05, 0) is 59.7 Å². The summed E-state index contributed by atoms with van der Waals surface area (Å²) in [5.41, 5.74) is 6.01. The lowest BCUT2D eigenvalue weighted by Gasteiger charge is -2.51. The van der Waals surface area contributed by atoms with E-state index in [0.29, 0.717) is 18.0 Å². The molecule has 2 nitrogen and oxygen atoms in total. The lowest BCUT2D eigenvalue weighted by molar-refractivity contribution is -0.116. The van der Waals surface area contributed by atoms with Gasteiger partial charge in [0, 0.05) is 11.8 Å². The summed E-state index contributed by atoms with van der Waals surface area (Å²) < 4.78 is 0. The Hall–Kier alpha value is -1.83. The molecular weight excluding hydrogens is 224 g/mol. The number of phenolic OH excluding ortho intramolecular Hbond substituents is 1. The number of rotatable bonds is 0. The molecule has 2 heteroatoms. The highest BCUT2D eigenvalue weighted by atomic mass is 16.3. The zero-order valence-corrected chi connectivity index (χ0v) is 10.3. The molecule has 1 aromatic rings. The molecule has 0 saturated carbocycles. The molecule has 1 atom stereocenters. The Morgan fingerprint density at radius 1 is 1.33 bits per heavy atom. The van der Waals surface area contributed by atoms with E-state index in [4.69, 9.17) is 0 Å². The van der Waals surface area contributed by atoms with E-state index in [2.05, 4.69) is 6.08 Å². The van der Waals surface area contributed by atoms with Gasteiger partial charge in [0.1, 0.15) is 5.75 Å². The van der Waals surface area contributed by atoms with E-state index in [0.717, 1.165) is 18.4 Å². The predicted octanol–water partition coefficient (Wildman–Crippen LogP) is 2.81. The Balaban J connectivity index is 2.00. The first-order valence-electron chi connectivity index (χ1n) is 6.41. The third-order valence-corrected chi connectivity index (χ3v) is 4.68. The molecule has 1 unspecified atom stereocenters. The molecule has 1 aromatic carbocycles. The first kappa shape index (κ1) is 10.1. The van der Waals surface area contributed by atoms with E-state index in [1.807, 2.05) is 19.1 Å². The maximum atomic E-state index is 11.9. The average Bonchev–Trinajstić information content (AvgIpc) is 2.32. The number of benzene rings is 1. The Labute approximate surface area is 106 Å². The van der Waals surface area contributed by atoms with Gasteiger partial charge in [-0.15, -0.1) is 0 Å². The second-order valence-corrected chi connectivity index (χ2v) is 5.58. The molecule has 18 heavy (non-hydrogen) atoms. The van der Waals surface area contributed by atoms with Crippen LogP contribution in [0.1, 0.15) is 30.9 Å². The van der Waals surface area contributed by atoms with Crippen LogP contribution in [-0.2, 0) is 16.6 Å². The minimum atomic E-state index is -0.0192. The summed E-state index contributed by atoms with van der Waals surface area (Å²) in [6.07, 6.45) is 4.71. The van der Waals surface area contributed by atoms with Crippen molar-refractivity contribution >= 4 is 5.78 Å². The summed E-state index contributed by atoms with van der Waals surface area (Å²) in [6.45, 7) is 1.96. The van der Waals surface area contributed by atoms with Crippen molar-refractivity contribution in [3.05, 3.63) is 52.1 Å². The van der Waals surface area contributed by atoms with Crippen molar-refractivity contribution in [2.75, 3.05) is 0 Å². The zero-order valence-electron chi connectivity index (χ0n) is 10.3. The van der Waals surface area contributed by atoms with Crippen LogP contribution in [0.15, 0.2) is 41.0 Å². The number of phenols is 1. The number of carbonyl (C=O) groups excluding carboxylic acids is 1. The number of carbonyl (C=O) groups is 1. The molecule has 2 bridgehead atoms. The molecule has 1 N–H and O–H groups in total. The van der Waals surface area contributed by atoms with Crippen molar-refractivity contribution in [2.24, 2.45) is 0 Å². The van der Waals surface area contributed by atoms with Crippen LogP contribution in [0, 0.1) is 0 Å². The first-order chi connectivity index (χ1) is 8.62. The molecule has 0 fully saturated rings. The van der Waals surface area contributed by atoms with E-state index in [-0.39, 0.29) is 5.41 Å². The van der Waals surface area contributed by atoms with Crippen LogP contribution in [0.25, 0.3) is 0 Å². The van der Waals surface area contributed by atoms with E-state index >= 15 is 0 Å². The fraction of sp³-hybridized carbons (Fsp3) is 0.312. The fourth-order valence-corrected chi connectivity index (χ4v) is 3.91. The number of allylic oxidation sites excluding steroid dienone is 4. The molecule has 4 aliphatic rings. The van der Waals surface area contributed by atoms with Crippen molar-refractivity contribution in [2.45, 2.75) is 31.6 Å². The van der Waals surface area contributed by atoms with Crippen molar-refractivity contribution in [1.82, 2.24) is 0 Å². The molecule has 1 spiro atoms. The van der Waals surface area contributed by atoms with Crippen LogP contribution >= 0.6 is 0 Å². The molecular formula is C16H14O2. The minimum absolute atomic E-state index is 0.0192. The normalized spacial score (nSPS) is 28.3. The van der Waals surface area contributed by atoms with Gasteiger partial charge in [0.05, 0.1) is 0 Å². The standard InChI is InChI=1S/C16H14O2/c1-9-14(18)4-5-16-8-11(15(9)16)6-10-7-12(17)2-3-13(10)16/h2-3,7-8,17H,4-6H2,1H3. The van der Waals surface area contributed by atoms with Gasteiger partial charge in [-0.2, -0.15) is 0 Å². The van der Waals surface area contributed by atoms with Crippen LogP contribution in [0.4, 0.5) is 0 Å². The quantitative estimate of drug-likeness (QED) is 0.754. The van der Waals surface area contributed by atoms with Gasteiger partial charge in [0.15, 0.2) is 5.78 Å². The molecule has 0 radical (unpaired) electrons. The fourth-order valence-electron chi connectivity index (χ4n) is 3.91. The summed E-state index contributed by atoms with van der Waals surface area (Å²) in [5, 5.41) is 9.59. The highest BCUT2D eigenvalue weighted by molar-refractivity contribution is 6.00. The van der Waals surface area contributed by atoms with Gasteiger partial charge in [-0.3, -0.25) is 4.79 Å². The molecule has 5 rings (SSSR count). The molecule has 0 amide bonds. The first-order valence-corrected chi connectivity index (χ1v) is 6.41. The number of Topliss-reactive ketones (excluding diaryl/α,β-unsaturated/α-hetero) is 1. The second kappa shape index (κ2) is 2.94. The summed E-state index contributed by atoms with van der Waals surface area (Å²) in [6, 6.07) is 5.65. The van der Waals surface area contributed by atoms with Crippen molar-refractivity contribution in [3.8, 4) is 5.75 Å². The molecule has 0 heterocycles. The molecule has 0 aromatic heterocycles. The van der Waals surface area contributed by atoms with Crippen LogP contribution in [0.2, 0.25) is 0 Å². The Bertz CT molecular complexity index is 664. The molecule has 90 valence electrons. The number of ketones is 1. The van der Waals surface area contributed by atoms with Crippen LogP contribution in [-0.4, -0.2) is 10.9 Å². The van der Waals surface area contributed by atoms with E-state index in [9.17, 15) is 9.90 Å². The highest BCUT2D eigenvalue weighted by Gasteiger charge is 2.51. The minimum Gasteiger partial charge on any atom is -0.508 e. The second-order valence-electron chi connectivity index (χ2n) is 5.58. The lowest BCUT2D eigenvalue weighted by atomic mass is 9.51. The maximum absolute atomic E-state index is 11.9. The van der Waals surface area contributed by atoms with Crippen molar-refractivity contribution in [1.29, 1.82) is 0 Å². The van der Waals surface area contributed by atoms with Gasteiger partial charge in [0.25, 0.3) is 0 Å². The average molecular weight is 238 g/mol. The SMILES string of the molecule is CC1=C2C3=CC2(CCC1=O)c1ccc(O)cc1C3. The van der Waals surface area contributed by atoms with Crippen molar-refractivity contribution in [3.63, 3.8) is 0 Å². The predicted molar refractivity (Wildman–Crippen MR) is 68.5 cm³/mol. The summed E-state index contributed by atoms with van der Waals surface area (Å²) in [7, 11) is 0. The number of aromatic hydroxyl groups is 1. The largest absolute Gasteiger partial charge is 0.508 e. The lowest BCUT2D eigenvalue weighted by Crippen LogP contribution is -2.44. The number of hydrogen-bond donors (Lipinski definition) is 1. The third-order valence-electron chi connectivity index (χ3n) is 4.68. The summed E-state index contributed by atoms with van der Waals surface area (Å²) in [5.74, 6) is 0.634.